The SMILES string of the molecule is Cc1ccc(C2=N/C(=C/c3cccnc3)C(=O)O2)cc1[N+](=O)[O-]. The Morgan fingerprint density at radius 1 is 1.30 bits per heavy atom. The number of hydrogen-bond donors (Lipinski definition) is 0. The molecule has 0 N–H and O–H groups in total. The van der Waals surface area contributed by atoms with E-state index in [4.69, 9.17) is 4.74 Å². The van der Waals surface area contributed by atoms with Crippen LogP contribution >= 0.6 is 0 Å². The number of nitrogens with zero attached hydrogens (tertiary/aromatic N) is 3. The van der Waals surface area contributed by atoms with Gasteiger partial charge in [-0.15, -0.1) is 0 Å². The lowest BCUT2D eigenvalue weighted by molar-refractivity contribution is -0.385. The summed E-state index contributed by atoms with van der Waals surface area (Å²) in [6.07, 6.45) is 4.75. The lowest BCUT2D eigenvalue weighted by Gasteiger charge is -2.01. The van der Waals surface area contributed by atoms with Gasteiger partial charge >= 0.3 is 5.97 Å². The molecule has 0 spiro atoms. The molecule has 0 atom stereocenters. The number of ether oxygens (including phenoxy) is 1. The molecule has 3 rings (SSSR count). The molecule has 1 aliphatic rings. The Morgan fingerprint density at radius 3 is 2.83 bits per heavy atom. The summed E-state index contributed by atoms with van der Waals surface area (Å²) in [5.74, 6) is -0.555. The van der Waals surface area contributed by atoms with Crippen LogP contribution in [0.5, 0.6) is 0 Å². The monoisotopic (exact) mass is 309 g/mol. The second kappa shape index (κ2) is 5.80. The lowest BCUT2D eigenvalue weighted by atomic mass is 10.1. The molecular formula is C16H11N3O4. The number of pyridine rings is 1. The molecule has 23 heavy (non-hydrogen) atoms. The third-order valence-corrected chi connectivity index (χ3v) is 3.26. The molecule has 7 nitrogen and oxygen atoms in total. The molecule has 0 amide bonds. The third kappa shape index (κ3) is 2.98. The van der Waals surface area contributed by atoms with Crippen molar-refractivity contribution in [2.24, 2.45) is 4.99 Å². The highest BCUT2D eigenvalue weighted by atomic mass is 16.6. The largest absolute Gasteiger partial charge is 0.402 e. The number of carbonyl (C=O) groups excluding carboxylic acids is 1. The maximum atomic E-state index is 11.9. The number of aromatic nitrogens is 1. The molecule has 1 aromatic heterocycles. The van der Waals surface area contributed by atoms with E-state index < -0.39 is 10.9 Å². The predicted molar refractivity (Wildman–Crippen MR) is 82.7 cm³/mol. The fraction of sp³-hybridized carbons (Fsp3) is 0.0625. The topological polar surface area (TPSA) is 94.7 Å². The molecule has 0 unspecified atom stereocenters. The average molecular weight is 309 g/mol. The Bertz CT molecular complexity index is 857. The van der Waals surface area contributed by atoms with Crippen molar-refractivity contribution in [2.45, 2.75) is 6.92 Å². The molecule has 0 aliphatic carbocycles. The van der Waals surface area contributed by atoms with Crippen LogP contribution in [0.15, 0.2) is 53.4 Å². The normalized spacial score (nSPS) is 15.4. The minimum Gasteiger partial charge on any atom is -0.402 e. The second-order valence-electron chi connectivity index (χ2n) is 4.88. The number of esters is 1. The van der Waals surface area contributed by atoms with Crippen LogP contribution in [-0.4, -0.2) is 21.8 Å². The lowest BCUT2D eigenvalue weighted by Crippen LogP contribution is -2.06. The number of cyclic esters (lactones) is 1. The van der Waals surface area contributed by atoms with E-state index in [2.05, 4.69) is 9.98 Å². The van der Waals surface area contributed by atoms with Crippen molar-refractivity contribution in [1.29, 1.82) is 0 Å². The molecule has 2 aromatic rings. The van der Waals surface area contributed by atoms with Crippen LogP contribution < -0.4 is 0 Å². The summed E-state index contributed by atoms with van der Waals surface area (Å²) in [6.45, 7) is 1.64. The molecule has 1 aliphatic heterocycles. The highest BCUT2D eigenvalue weighted by molar-refractivity contribution is 6.13. The second-order valence-corrected chi connectivity index (χ2v) is 4.88. The molecule has 0 saturated carbocycles. The first kappa shape index (κ1) is 14.6. The number of benzene rings is 1. The number of hydrogen-bond acceptors (Lipinski definition) is 6. The molecule has 2 heterocycles. The molecule has 0 bridgehead atoms. The van der Waals surface area contributed by atoms with E-state index in [0.717, 1.165) is 0 Å². The highest BCUT2D eigenvalue weighted by Crippen LogP contribution is 2.23. The Labute approximate surface area is 131 Å². The minimum absolute atomic E-state index is 0.0493. The molecule has 114 valence electrons. The minimum atomic E-state index is -0.605. The van der Waals surface area contributed by atoms with Crippen LogP contribution in [0.25, 0.3) is 6.08 Å². The summed E-state index contributed by atoms with van der Waals surface area (Å²) >= 11 is 0. The molecule has 0 fully saturated rings. The highest BCUT2D eigenvalue weighted by Gasteiger charge is 2.25. The van der Waals surface area contributed by atoms with E-state index in [1.165, 1.54) is 6.07 Å². The Hall–Kier alpha value is -3.35. The molecule has 0 radical (unpaired) electrons. The first-order valence-electron chi connectivity index (χ1n) is 6.72. The van der Waals surface area contributed by atoms with Gasteiger partial charge < -0.3 is 4.74 Å². The summed E-state index contributed by atoms with van der Waals surface area (Å²) < 4.78 is 5.11. The van der Waals surface area contributed by atoms with Gasteiger partial charge in [0.15, 0.2) is 5.70 Å². The number of nitro benzene ring substituents is 1. The summed E-state index contributed by atoms with van der Waals surface area (Å²) in [6, 6.07) is 8.07. The smallest absolute Gasteiger partial charge is 0.363 e. The van der Waals surface area contributed by atoms with Crippen molar-refractivity contribution in [2.75, 3.05) is 0 Å². The maximum Gasteiger partial charge on any atom is 0.363 e. The van der Waals surface area contributed by atoms with Crippen molar-refractivity contribution in [3.05, 3.63) is 75.2 Å². The van der Waals surface area contributed by atoms with Gasteiger partial charge in [0.2, 0.25) is 5.90 Å². The molecular weight excluding hydrogens is 298 g/mol. The quantitative estimate of drug-likeness (QED) is 0.376. The van der Waals surface area contributed by atoms with Gasteiger partial charge in [0, 0.05) is 29.6 Å². The summed E-state index contributed by atoms with van der Waals surface area (Å²) in [5.41, 5.74) is 1.68. The number of aryl methyl sites for hydroxylation is 1. The van der Waals surface area contributed by atoms with E-state index in [1.807, 2.05) is 0 Å². The molecule has 1 aromatic carbocycles. The number of carbonyl (C=O) groups is 1. The van der Waals surface area contributed by atoms with Crippen molar-refractivity contribution in [3.63, 3.8) is 0 Å². The van der Waals surface area contributed by atoms with E-state index in [9.17, 15) is 14.9 Å². The van der Waals surface area contributed by atoms with E-state index in [1.54, 1.807) is 49.7 Å². The predicted octanol–water partition coefficient (Wildman–Crippen LogP) is 2.64. The number of nitro groups is 1. The third-order valence-electron chi connectivity index (χ3n) is 3.26. The van der Waals surface area contributed by atoms with Crippen molar-refractivity contribution in [3.8, 4) is 0 Å². The zero-order chi connectivity index (χ0) is 16.4. The average Bonchev–Trinajstić information content (AvgIpc) is 2.89. The molecule has 0 saturated heterocycles. The van der Waals surface area contributed by atoms with Gasteiger partial charge in [0.05, 0.1) is 4.92 Å². The van der Waals surface area contributed by atoms with Gasteiger partial charge in [0.25, 0.3) is 5.69 Å². The Morgan fingerprint density at radius 2 is 2.13 bits per heavy atom. The zero-order valence-electron chi connectivity index (χ0n) is 12.1. The summed E-state index contributed by atoms with van der Waals surface area (Å²) in [7, 11) is 0. The van der Waals surface area contributed by atoms with Gasteiger partial charge in [-0.1, -0.05) is 12.1 Å². The van der Waals surface area contributed by atoms with Crippen LogP contribution in [0.3, 0.4) is 0 Å². The first-order valence-corrected chi connectivity index (χ1v) is 6.72. The van der Waals surface area contributed by atoms with Gasteiger partial charge in [-0.2, -0.15) is 0 Å². The number of rotatable bonds is 3. The molecule has 7 heteroatoms. The van der Waals surface area contributed by atoms with Crippen LogP contribution in [0.2, 0.25) is 0 Å². The van der Waals surface area contributed by atoms with Gasteiger partial charge in [-0.25, -0.2) is 9.79 Å². The Kier molecular flexibility index (Phi) is 3.68. The maximum absolute atomic E-state index is 11.9. The Balaban J connectivity index is 1.97. The fourth-order valence-electron chi connectivity index (χ4n) is 2.09. The first-order chi connectivity index (χ1) is 11.0. The summed E-state index contributed by atoms with van der Waals surface area (Å²) in [5, 5.41) is 11.0. The van der Waals surface area contributed by atoms with Crippen molar-refractivity contribution < 1.29 is 14.5 Å². The van der Waals surface area contributed by atoms with Crippen molar-refractivity contribution in [1.82, 2.24) is 4.98 Å². The van der Waals surface area contributed by atoms with E-state index in [-0.39, 0.29) is 17.3 Å². The van der Waals surface area contributed by atoms with E-state index >= 15 is 0 Å². The van der Waals surface area contributed by atoms with Gasteiger partial charge in [-0.05, 0) is 30.7 Å². The van der Waals surface area contributed by atoms with Crippen LogP contribution in [0.4, 0.5) is 5.69 Å². The van der Waals surface area contributed by atoms with Crippen LogP contribution in [0.1, 0.15) is 16.7 Å². The van der Waals surface area contributed by atoms with Crippen LogP contribution in [0, 0.1) is 17.0 Å². The standard InChI is InChI=1S/C16H11N3O4/c1-10-4-5-12(8-14(10)19(21)22)15-18-13(16(20)23-15)7-11-3-2-6-17-9-11/h2-9H,1H3/b13-7+. The fourth-order valence-corrected chi connectivity index (χ4v) is 2.09. The number of aliphatic imine (C=N–C) groups is 1. The summed E-state index contributed by atoms with van der Waals surface area (Å²) in [4.78, 5) is 30.5. The van der Waals surface area contributed by atoms with E-state index in [0.29, 0.717) is 16.7 Å². The van der Waals surface area contributed by atoms with Crippen molar-refractivity contribution >= 4 is 23.6 Å². The van der Waals surface area contributed by atoms with Gasteiger partial charge in [0.1, 0.15) is 0 Å². The zero-order valence-corrected chi connectivity index (χ0v) is 12.1. The van der Waals surface area contributed by atoms with Gasteiger partial charge in [-0.3, -0.25) is 15.1 Å². The van der Waals surface area contributed by atoms with Crippen LogP contribution in [-0.2, 0) is 9.53 Å².